The maximum atomic E-state index is 13.4. The van der Waals surface area contributed by atoms with Crippen LogP contribution in [0.3, 0.4) is 0 Å². The molecule has 1 unspecified atom stereocenters. The number of amides is 2. The van der Waals surface area contributed by atoms with Crippen LogP contribution in [-0.2, 0) is 16.1 Å². The third kappa shape index (κ3) is 5.56. The number of rotatable bonds is 4. The van der Waals surface area contributed by atoms with E-state index in [2.05, 4.69) is 9.97 Å². The van der Waals surface area contributed by atoms with Crippen molar-refractivity contribution in [3.63, 3.8) is 0 Å². The SMILES string of the molecule is Cc1nc(C)c(C(=O)OCc2ccccc2)c(C(=O)N2CCN(C(=O)C(C)(C)C)C(C)C2)n1. The first kappa shape index (κ1) is 24.4. The highest BCUT2D eigenvalue weighted by atomic mass is 16.5. The summed E-state index contributed by atoms with van der Waals surface area (Å²) in [6.07, 6.45) is 0. The van der Waals surface area contributed by atoms with Crippen molar-refractivity contribution in [1.29, 1.82) is 0 Å². The topological polar surface area (TPSA) is 92.7 Å². The highest BCUT2D eigenvalue weighted by Crippen LogP contribution is 2.23. The Balaban J connectivity index is 1.80. The first-order chi connectivity index (χ1) is 15.5. The molecular formula is C25H32N4O4. The van der Waals surface area contributed by atoms with E-state index in [-0.39, 0.29) is 35.7 Å². The van der Waals surface area contributed by atoms with Crippen molar-refractivity contribution < 1.29 is 19.1 Å². The second kappa shape index (κ2) is 9.68. The molecule has 2 amide bonds. The summed E-state index contributed by atoms with van der Waals surface area (Å²) in [5, 5.41) is 0. The minimum absolute atomic E-state index is 0.0425. The number of nitrogens with zero attached hydrogens (tertiary/aromatic N) is 4. The Morgan fingerprint density at radius 2 is 1.73 bits per heavy atom. The number of esters is 1. The molecule has 1 aliphatic heterocycles. The number of benzene rings is 1. The molecule has 0 bridgehead atoms. The molecule has 33 heavy (non-hydrogen) atoms. The van der Waals surface area contributed by atoms with Gasteiger partial charge < -0.3 is 14.5 Å². The van der Waals surface area contributed by atoms with Gasteiger partial charge in [-0.2, -0.15) is 0 Å². The van der Waals surface area contributed by atoms with Crippen molar-refractivity contribution in [2.24, 2.45) is 5.41 Å². The van der Waals surface area contributed by atoms with E-state index in [1.165, 1.54) is 0 Å². The number of carbonyl (C=O) groups is 3. The summed E-state index contributed by atoms with van der Waals surface area (Å²) < 4.78 is 5.48. The van der Waals surface area contributed by atoms with Gasteiger partial charge in [0.05, 0.1) is 5.69 Å². The van der Waals surface area contributed by atoms with Crippen molar-refractivity contribution >= 4 is 17.8 Å². The molecule has 176 valence electrons. The highest BCUT2D eigenvalue weighted by Gasteiger charge is 2.36. The van der Waals surface area contributed by atoms with E-state index in [0.717, 1.165) is 5.56 Å². The van der Waals surface area contributed by atoms with Gasteiger partial charge in [0.25, 0.3) is 5.91 Å². The molecule has 8 nitrogen and oxygen atoms in total. The standard InChI is InChI=1S/C25H32N4O4/c1-16-14-28(12-13-29(16)24(32)25(4,5)6)22(30)21-20(17(2)26-18(3)27-21)23(31)33-15-19-10-8-7-9-11-19/h7-11,16H,12-15H2,1-6H3. The van der Waals surface area contributed by atoms with Crippen LogP contribution in [0.5, 0.6) is 0 Å². The van der Waals surface area contributed by atoms with Gasteiger partial charge in [-0.05, 0) is 26.3 Å². The smallest absolute Gasteiger partial charge is 0.342 e. The zero-order valence-corrected chi connectivity index (χ0v) is 20.2. The molecular weight excluding hydrogens is 420 g/mol. The maximum Gasteiger partial charge on any atom is 0.342 e. The molecule has 0 radical (unpaired) electrons. The van der Waals surface area contributed by atoms with Gasteiger partial charge in [-0.25, -0.2) is 14.8 Å². The number of aromatic nitrogens is 2. The molecule has 0 saturated carbocycles. The van der Waals surface area contributed by atoms with Gasteiger partial charge in [-0.3, -0.25) is 9.59 Å². The Bertz CT molecular complexity index is 1050. The Labute approximate surface area is 195 Å². The van der Waals surface area contributed by atoms with Gasteiger partial charge in [0, 0.05) is 31.1 Å². The zero-order valence-electron chi connectivity index (χ0n) is 20.2. The van der Waals surface area contributed by atoms with Gasteiger partial charge in [0.1, 0.15) is 23.7 Å². The minimum Gasteiger partial charge on any atom is -0.457 e. The number of piperazine rings is 1. The lowest BCUT2D eigenvalue weighted by Gasteiger charge is -2.42. The molecule has 8 heteroatoms. The molecule has 1 aromatic carbocycles. The largest absolute Gasteiger partial charge is 0.457 e. The zero-order chi connectivity index (χ0) is 24.3. The normalized spacial score (nSPS) is 16.5. The summed E-state index contributed by atoms with van der Waals surface area (Å²) in [5.74, 6) is -0.523. The predicted molar refractivity (Wildman–Crippen MR) is 124 cm³/mol. The van der Waals surface area contributed by atoms with Crippen LogP contribution in [0.2, 0.25) is 0 Å². The van der Waals surface area contributed by atoms with Gasteiger partial charge >= 0.3 is 5.97 Å². The van der Waals surface area contributed by atoms with Crippen LogP contribution in [0.25, 0.3) is 0 Å². The number of carbonyl (C=O) groups excluding carboxylic acids is 3. The predicted octanol–water partition coefficient (Wildman–Crippen LogP) is 3.17. The molecule has 2 aromatic rings. The molecule has 1 aromatic heterocycles. The van der Waals surface area contributed by atoms with Crippen LogP contribution in [0.1, 0.15) is 65.6 Å². The fourth-order valence-corrected chi connectivity index (χ4v) is 3.93. The molecule has 0 aliphatic carbocycles. The van der Waals surface area contributed by atoms with Gasteiger partial charge in [0.2, 0.25) is 5.91 Å². The number of hydrogen-bond donors (Lipinski definition) is 0. The summed E-state index contributed by atoms with van der Waals surface area (Å²) in [6.45, 7) is 12.2. The highest BCUT2D eigenvalue weighted by molar-refractivity contribution is 6.04. The van der Waals surface area contributed by atoms with E-state index in [1.807, 2.05) is 62.9 Å². The van der Waals surface area contributed by atoms with Crippen molar-refractivity contribution in [2.45, 2.75) is 54.2 Å². The lowest BCUT2D eigenvalue weighted by Crippen LogP contribution is -2.57. The van der Waals surface area contributed by atoms with Crippen LogP contribution >= 0.6 is 0 Å². The molecule has 2 heterocycles. The molecule has 1 saturated heterocycles. The van der Waals surface area contributed by atoms with E-state index >= 15 is 0 Å². The fourth-order valence-electron chi connectivity index (χ4n) is 3.93. The first-order valence-electron chi connectivity index (χ1n) is 11.2. The Kier molecular flexibility index (Phi) is 7.15. The van der Waals surface area contributed by atoms with E-state index in [0.29, 0.717) is 31.2 Å². The van der Waals surface area contributed by atoms with Crippen molar-refractivity contribution in [2.75, 3.05) is 19.6 Å². The average molecular weight is 453 g/mol. The average Bonchev–Trinajstić information content (AvgIpc) is 2.76. The Hall–Kier alpha value is -3.29. The van der Waals surface area contributed by atoms with Crippen molar-refractivity contribution in [1.82, 2.24) is 19.8 Å². The Morgan fingerprint density at radius 3 is 2.33 bits per heavy atom. The minimum atomic E-state index is -0.630. The van der Waals surface area contributed by atoms with Gasteiger partial charge in [0.15, 0.2) is 0 Å². The number of aryl methyl sites for hydroxylation is 2. The van der Waals surface area contributed by atoms with Crippen molar-refractivity contribution in [3.8, 4) is 0 Å². The Morgan fingerprint density at radius 1 is 1.06 bits per heavy atom. The third-order valence-corrected chi connectivity index (χ3v) is 5.64. The van der Waals surface area contributed by atoms with E-state index in [4.69, 9.17) is 4.74 Å². The number of hydrogen-bond acceptors (Lipinski definition) is 6. The van der Waals surface area contributed by atoms with Gasteiger partial charge in [-0.15, -0.1) is 0 Å². The fraction of sp³-hybridized carbons (Fsp3) is 0.480. The monoisotopic (exact) mass is 452 g/mol. The van der Waals surface area contributed by atoms with Crippen LogP contribution in [0.4, 0.5) is 0 Å². The van der Waals surface area contributed by atoms with E-state index < -0.39 is 11.4 Å². The second-order valence-corrected chi connectivity index (χ2v) is 9.49. The molecule has 1 fully saturated rings. The molecule has 0 spiro atoms. The molecule has 1 aliphatic rings. The summed E-state index contributed by atoms with van der Waals surface area (Å²) in [6, 6.07) is 9.19. The lowest BCUT2D eigenvalue weighted by molar-refractivity contribution is -0.143. The maximum absolute atomic E-state index is 13.4. The van der Waals surface area contributed by atoms with Crippen LogP contribution in [0, 0.1) is 19.3 Å². The number of ether oxygens (including phenoxy) is 1. The molecule has 3 rings (SSSR count). The first-order valence-corrected chi connectivity index (χ1v) is 11.2. The van der Waals surface area contributed by atoms with Crippen LogP contribution < -0.4 is 0 Å². The summed E-state index contributed by atoms with van der Waals surface area (Å²) in [5.41, 5.74) is 0.886. The van der Waals surface area contributed by atoms with Gasteiger partial charge in [-0.1, -0.05) is 51.1 Å². The molecule has 1 atom stereocenters. The quantitative estimate of drug-likeness (QED) is 0.662. The summed E-state index contributed by atoms with van der Waals surface area (Å²) >= 11 is 0. The van der Waals surface area contributed by atoms with E-state index in [9.17, 15) is 14.4 Å². The molecule has 0 N–H and O–H groups in total. The van der Waals surface area contributed by atoms with Crippen LogP contribution in [0.15, 0.2) is 30.3 Å². The second-order valence-electron chi connectivity index (χ2n) is 9.49. The third-order valence-electron chi connectivity index (χ3n) is 5.64. The summed E-state index contributed by atoms with van der Waals surface area (Å²) in [7, 11) is 0. The summed E-state index contributed by atoms with van der Waals surface area (Å²) in [4.78, 5) is 51.2. The van der Waals surface area contributed by atoms with E-state index in [1.54, 1.807) is 18.7 Å². The lowest BCUT2D eigenvalue weighted by atomic mass is 9.93. The van der Waals surface area contributed by atoms with Crippen LogP contribution in [-0.4, -0.2) is 63.2 Å². The van der Waals surface area contributed by atoms with Crippen molar-refractivity contribution in [3.05, 3.63) is 58.7 Å².